The van der Waals surface area contributed by atoms with Crippen molar-refractivity contribution in [3.63, 3.8) is 0 Å². The minimum Gasteiger partial charge on any atom is -0.497 e. The van der Waals surface area contributed by atoms with Crippen molar-refractivity contribution >= 4 is 6.29 Å². The summed E-state index contributed by atoms with van der Waals surface area (Å²) in [6, 6.07) is 7.35. The Balaban J connectivity index is 2.32. The molecular formula is C13H12N2O2. The van der Waals surface area contributed by atoms with E-state index in [1.807, 2.05) is 24.3 Å². The number of ether oxygens (including phenoxy) is 1. The number of carbonyl (C=O) groups excluding carboxylic acids is 1. The van der Waals surface area contributed by atoms with Gasteiger partial charge >= 0.3 is 0 Å². The van der Waals surface area contributed by atoms with Crippen molar-refractivity contribution in [2.75, 3.05) is 7.11 Å². The van der Waals surface area contributed by atoms with Gasteiger partial charge in [-0.25, -0.2) is 0 Å². The first-order chi connectivity index (χ1) is 8.35. The predicted molar refractivity (Wildman–Crippen MR) is 62.9 cm³/mol. The quantitative estimate of drug-likeness (QED) is 0.749. The molecule has 0 aliphatic carbocycles. The summed E-state index contributed by atoms with van der Waals surface area (Å²) >= 11 is 0. The summed E-state index contributed by atoms with van der Waals surface area (Å²) in [7, 11) is 1.61. The van der Waals surface area contributed by atoms with Crippen LogP contribution in [0.15, 0.2) is 42.9 Å². The van der Waals surface area contributed by atoms with Crippen LogP contribution < -0.4 is 4.74 Å². The number of hydrogen-bond donors (Lipinski definition) is 0. The average molecular weight is 228 g/mol. The topological polar surface area (TPSA) is 52.1 Å². The first-order valence-corrected chi connectivity index (χ1v) is 5.20. The lowest BCUT2D eigenvalue weighted by molar-refractivity contribution is -0.108. The van der Waals surface area contributed by atoms with Gasteiger partial charge in [0, 0.05) is 18.6 Å². The Hall–Kier alpha value is -2.23. The van der Waals surface area contributed by atoms with Crippen LogP contribution in [0.5, 0.6) is 5.75 Å². The molecule has 1 unspecified atom stereocenters. The van der Waals surface area contributed by atoms with Crippen LogP contribution in [-0.2, 0) is 4.79 Å². The Labute approximate surface area is 99.3 Å². The van der Waals surface area contributed by atoms with Gasteiger partial charge in [0.25, 0.3) is 0 Å². The van der Waals surface area contributed by atoms with Crippen molar-refractivity contribution in [3.05, 3.63) is 54.1 Å². The number of methoxy groups -OCH3 is 1. The summed E-state index contributed by atoms with van der Waals surface area (Å²) in [6.45, 7) is 0. The van der Waals surface area contributed by atoms with Crippen LogP contribution in [0.4, 0.5) is 0 Å². The van der Waals surface area contributed by atoms with Crippen LogP contribution >= 0.6 is 0 Å². The van der Waals surface area contributed by atoms with Crippen LogP contribution in [0.2, 0.25) is 0 Å². The second-order valence-electron chi connectivity index (χ2n) is 3.52. The van der Waals surface area contributed by atoms with Crippen molar-refractivity contribution in [1.29, 1.82) is 0 Å². The molecule has 2 rings (SSSR count). The van der Waals surface area contributed by atoms with Gasteiger partial charge in [0.05, 0.1) is 18.7 Å². The number of carbonyl (C=O) groups is 1. The zero-order valence-corrected chi connectivity index (χ0v) is 9.41. The minimum absolute atomic E-state index is 0.380. The van der Waals surface area contributed by atoms with E-state index in [4.69, 9.17) is 4.74 Å². The van der Waals surface area contributed by atoms with Gasteiger partial charge in [0.1, 0.15) is 12.0 Å². The van der Waals surface area contributed by atoms with Gasteiger partial charge in [0.15, 0.2) is 0 Å². The molecule has 0 spiro atoms. The molecule has 0 saturated heterocycles. The molecule has 4 heteroatoms. The fraction of sp³-hybridized carbons (Fsp3) is 0.154. The molecule has 0 saturated carbocycles. The summed E-state index contributed by atoms with van der Waals surface area (Å²) in [5, 5.41) is 0. The van der Waals surface area contributed by atoms with Gasteiger partial charge in [-0.1, -0.05) is 12.1 Å². The Bertz CT molecular complexity index is 483. The van der Waals surface area contributed by atoms with E-state index in [1.54, 1.807) is 25.7 Å². The zero-order chi connectivity index (χ0) is 12.1. The number of rotatable bonds is 4. The predicted octanol–water partition coefficient (Wildman–Crippen LogP) is 1.82. The highest BCUT2D eigenvalue weighted by Gasteiger charge is 2.14. The molecule has 86 valence electrons. The third kappa shape index (κ3) is 2.47. The SMILES string of the molecule is COc1ccc(C(C=O)c2cnccn2)cc1. The lowest BCUT2D eigenvalue weighted by atomic mass is 9.97. The molecule has 1 atom stereocenters. The smallest absolute Gasteiger partial charge is 0.133 e. The molecule has 2 aromatic rings. The van der Waals surface area contributed by atoms with Gasteiger partial charge in [-0.15, -0.1) is 0 Å². The molecule has 1 aromatic carbocycles. The lowest BCUT2D eigenvalue weighted by Gasteiger charge is -2.10. The molecule has 0 bridgehead atoms. The van der Waals surface area contributed by atoms with E-state index in [9.17, 15) is 4.79 Å². The third-order valence-electron chi connectivity index (χ3n) is 2.51. The highest BCUT2D eigenvalue weighted by molar-refractivity contribution is 5.67. The van der Waals surface area contributed by atoms with Crippen LogP contribution in [0.25, 0.3) is 0 Å². The van der Waals surface area contributed by atoms with E-state index < -0.39 is 0 Å². The number of aldehydes is 1. The Morgan fingerprint density at radius 2 is 2.00 bits per heavy atom. The summed E-state index contributed by atoms with van der Waals surface area (Å²) in [6.07, 6.45) is 5.63. The number of hydrogen-bond acceptors (Lipinski definition) is 4. The van der Waals surface area contributed by atoms with Crippen LogP contribution in [0.3, 0.4) is 0 Å². The maximum Gasteiger partial charge on any atom is 0.133 e. The average Bonchev–Trinajstić information content (AvgIpc) is 2.42. The number of aromatic nitrogens is 2. The van der Waals surface area contributed by atoms with Crippen molar-refractivity contribution in [3.8, 4) is 5.75 Å². The highest BCUT2D eigenvalue weighted by atomic mass is 16.5. The third-order valence-corrected chi connectivity index (χ3v) is 2.51. The van der Waals surface area contributed by atoms with Crippen molar-refractivity contribution in [1.82, 2.24) is 9.97 Å². The zero-order valence-electron chi connectivity index (χ0n) is 9.41. The lowest BCUT2D eigenvalue weighted by Crippen LogP contribution is -2.05. The van der Waals surface area contributed by atoms with Crippen LogP contribution in [0.1, 0.15) is 17.2 Å². The monoisotopic (exact) mass is 228 g/mol. The number of nitrogens with zero attached hydrogens (tertiary/aromatic N) is 2. The van der Waals surface area contributed by atoms with E-state index in [2.05, 4.69) is 9.97 Å². The van der Waals surface area contributed by atoms with E-state index in [0.29, 0.717) is 5.69 Å². The Morgan fingerprint density at radius 3 is 2.53 bits per heavy atom. The summed E-state index contributed by atoms with van der Waals surface area (Å²) in [5.74, 6) is 0.382. The normalized spacial score (nSPS) is 11.8. The molecule has 0 amide bonds. The van der Waals surface area contributed by atoms with Gasteiger partial charge < -0.3 is 9.53 Å². The van der Waals surface area contributed by atoms with Crippen molar-refractivity contribution in [2.45, 2.75) is 5.92 Å². The molecule has 1 heterocycles. The van der Waals surface area contributed by atoms with Crippen LogP contribution in [0, 0.1) is 0 Å². The first-order valence-electron chi connectivity index (χ1n) is 5.20. The molecule has 0 aliphatic rings. The maximum atomic E-state index is 11.2. The van der Waals surface area contributed by atoms with E-state index >= 15 is 0 Å². The largest absolute Gasteiger partial charge is 0.497 e. The standard InChI is InChI=1S/C13H12N2O2/c1-17-11-4-2-10(3-5-11)12(9-16)13-8-14-6-7-15-13/h2-9,12H,1H3. The Kier molecular flexibility index (Phi) is 3.45. The molecule has 4 nitrogen and oxygen atoms in total. The molecule has 17 heavy (non-hydrogen) atoms. The summed E-state index contributed by atoms with van der Waals surface area (Å²) < 4.78 is 5.07. The Morgan fingerprint density at radius 1 is 1.24 bits per heavy atom. The molecule has 0 radical (unpaired) electrons. The van der Waals surface area contributed by atoms with E-state index in [-0.39, 0.29) is 5.92 Å². The maximum absolute atomic E-state index is 11.2. The molecule has 0 N–H and O–H groups in total. The second-order valence-corrected chi connectivity index (χ2v) is 3.52. The van der Waals surface area contributed by atoms with Crippen molar-refractivity contribution in [2.24, 2.45) is 0 Å². The molecule has 0 aliphatic heterocycles. The first kappa shape index (κ1) is 11.3. The fourth-order valence-electron chi connectivity index (χ4n) is 1.60. The van der Waals surface area contributed by atoms with Gasteiger partial charge in [-0.05, 0) is 17.7 Å². The second kappa shape index (κ2) is 5.21. The van der Waals surface area contributed by atoms with E-state index in [1.165, 1.54) is 0 Å². The highest BCUT2D eigenvalue weighted by Crippen LogP contribution is 2.22. The van der Waals surface area contributed by atoms with E-state index in [0.717, 1.165) is 17.6 Å². The summed E-state index contributed by atoms with van der Waals surface area (Å²) in [4.78, 5) is 19.3. The van der Waals surface area contributed by atoms with Crippen LogP contribution in [-0.4, -0.2) is 23.4 Å². The van der Waals surface area contributed by atoms with Gasteiger partial charge in [-0.3, -0.25) is 9.97 Å². The van der Waals surface area contributed by atoms with Gasteiger partial charge in [0.2, 0.25) is 0 Å². The van der Waals surface area contributed by atoms with Crippen molar-refractivity contribution < 1.29 is 9.53 Å². The summed E-state index contributed by atoms with van der Waals surface area (Å²) in [5.41, 5.74) is 1.52. The molecular weight excluding hydrogens is 216 g/mol. The number of benzene rings is 1. The molecule has 0 fully saturated rings. The fourth-order valence-corrected chi connectivity index (χ4v) is 1.60. The minimum atomic E-state index is -0.380. The van der Waals surface area contributed by atoms with Gasteiger partial charge in [-0.2, -0.15) is 0 Å². The molecule has 1 aromatic heterocycles.